The number of ether oxygens (including phenoxy) is 1. The first-order valence-corrected chi connectivity index (χ1v) is 3.89. The van der Waals surface area contributed by atoms with Gasteiger partial charge in [0.05, 0.1) is 0 Å². The zero-order valence-corrected chi connectivity index (χ0v) is 7.50. The van der Waals surface area contributed by atoms with Crippen LogP contribution in [-0.2, 0) is 9.53 Å². The summed E-state index contributed by atoms with van der Waals surface area (Å²) in [6.07, 6.45) is 0.705. The highest BCUT2D eigenvalue weighted by Crippen LogP contribution is 1.76. The molecule has 0 saturated carbocycles. The predicted octanol–water partition coefficient (Wildman–Crippen LogP) is -0.593. The van der Waals surface area contributed by atoms with E-state index in [1.807, 2.05) is 0 Å². The number of methoxy groups -OCH3 is 1. The van der Waals surface area contributed by atoms with Gasteiger partial charge in [0.15, 0.2) is 0 Å². The molecule has 0 aliphatic rings. The third-order valence-corrected chi connectivity index (χ3v) is 1.21. The van der Waals surface area contributed by atoms with E-state index in [4.69, 9.17) is 9.84 Å². The molecule has 0 heterocycles. The van der Waals surface area contributed by atoms with Crippen molar-refractivity contribution in [3.8, 4) is 0 Å². The van der Waals surface area contributed by atoms with Crippen molar-refractivity contribution in [1.82, 2.24) is 10.6 Å². The maximum absolute atomic E-state index is 10.8. The molecule has 0 atom stereocenters. The number of carbonyl (C=O) groups excluding carboxylic acids is 1. The Labute approximate surface area is 76.3 Å². The zero-order chi connectivity index (χ0) is 10.1. The average Bonchev–Trinajstić information content (AvgIpc) is 2.09. The average molecular weight is 190 g/mol. The normalized spacial score (nSPS) is 9.31. The van der Waals surface area contributed by atoms with E-state index >= 15 is 0 Å². The number of rotatable bonds is 6. The number of aliphatic carboxylic acids is 1. The van der Waals surface area contributed by atoms with Crippen molar-refractivity contribution in [3.63, 3.8) is 0 Å². The van der Waals surface area contributed by atoms with Crippen molar-refractivity contribution in [2.45, 2.75) is 6.42 Å². The lowest BCUT2D eigenvalue weighted by Crippen LogP contribution is -2.39. The Morgan fingerprint density at radius 3 is 2.62 bits per heavy atom. The van der Waals surface area contributed by atoms with E-state index in [9.17, 15) is 9.59 Å². The van der Waals surface area contributed by atoms with Crippen LogP contribution >= 0.6 is 0 Å². The summed E-state index contributed by atoms with van der Waals surface area (Å²) < 4.78 is 4.76. The molecule has 76 valence electrons. The van der Waals surface area contributed by atoms with Gasteiger partial charge in [-0.1, -0.05) is 0 Å². The molecule has 0 bridgehead atoms. The first-order valence-electron chi connectivity index (χ1n) is 3.89. The number of carboxylic acids is 1. The molecule has 2 amide bonds. The van der Waals surface area contributed by atoms with Crippen LogP contribution in [0.25, 0.3) is 0 Å². The van der Waals surface area contributed by atoms with E-state index in [0.29, 0.717) is 19.6 Å². The Kier molecular flexibility index (Phi) is 6.62. The fourth-order valence-electron chi connectivity index (χ4n) is 0.637. The standard InChI is InChI=1S/C7H14N2O4/c1-13-4-2-3-8-7(12)9-5-6(10)11/h2-5H2,1H3,(H,10,11)(H2,8,9,12). The van der Waals surface area contributed by atoms with Crippen LogP contribution in [0, 0.1) is 0 Å². The van der Waals surface area contributed by atoms with E-state index in [0.717, 1.165) is 0 Å². The number of amides is 2. The Morgan fingerprint density at radius 1 is 1.38 bits per heavy atom. The fourth-order valence-corrected chi connectivity index (χ4v) is 0.637. The second kappa shape index (κ2) is 7.35. The summed E-state index contributed by atoms with van der Waals surface area (Å²) in [5.74, 6) is -1.06. The number of nitrogens with one attached hydrogen (secondary N) is 2. The van der Waals surface area contributed by atoms with Gasteiger partial charge in [0.25, 0.3) is 0 Å². The second-order valence-electron chi connectivity index (χ2n) is 2.35. The van der Waals surface area contributed by atoms with Crippen LogP contribution < -0.4 is 10.6 Å². The SMILES string of the molecule is COCCCNC(=O)NCC(=O)O. The molecule has 0 unspecified atom stereocenters. The van der Waals surface area contributed by atoms with Gasteiger partial charge in [-0.15, -0.1) is 0 Å². The molecule has 0 saturated heterocycles. The molecule has 0 radical (unpaired) electrons. The molecule has 0 aromatic carbocycles. The van der Waals surface area contributed by atoms with Crippen molar-refractivity contribution in [2.75, 3.05) is 26.8 Å². The lowest BCUT2D eigenvalue weighted by molar-refractivity contribution is -0.135. The molecule has 6 heteroatoms. The van der Waals surface area contributed by atoms with E-state index in [1.165, 1.54) is 0 Å². The molecule has 13 heavy (non-hydrogen) atoms. The number of hydrogen-bond donors (Lipinski definition) is 3. The summed E-state index contributed by atoms with van der Waals surface area (Å²) in [5.41, 5.74) is 0. The minimum Gasteiger partial charge on any atom is -0.480 e. The fraction of sp³-hybridized carbons (Fsp3) is 0.714. The van der Waals surface area contributed by atoms with Crippen molar-refractivity contribution >= 4 is 12.0 Å². The number of urea groups is 1. The van der Waals surface area contributed by atoms with Crippen LogP contribution in [0.2, 0.25) is 0 Å². The molecule has 0 aromatic rings. The van der Waals surface area contributed by atoms with Crippen LogP contribution in [0.3, 0.4) is 0 Å². The monoisotopic (exact) mass is 190 g/mol. The lowest BCUT2D eigenvalue weighted by atomic mass is 10.4. The topological polar surface area (TPSA) is 87.7 Å². The minimum absolute atomic E-state index is 0.365. The third kappa shape index (κ3) is 8.61. The number of carbonyl (C=O) groups is 2. The summed E-state index contributed by atoms with van der Waals surface area (Å²) in [6, 6.07) is -0.474. The van der Waals surface area contributed by atoms with Crippen LogP contribution in [0.1, 0.15) is 6.42 Å². The smallest absolute Gasteiger partial charge is 0.323 e. The molecular formula is C7H14N2O4. The summed E-state index contributed by atoms with van der Waals surface area (Å²) >= 11 is 0. The zero-order valence-electron chi connectivity index (χ0n) is 7.50. The Hall–Kier alpha value is -1.30. The van der Waals surface area contributed by atoms with Gasteiger partial charge in [-0.3, -0.25) is 4.79 Å². The maximum atomic E-state index is 10.8. The molecule has 0 aliphatic carbocycles. The van der Waals surface area contributed by atoms with Gasteiger partial charge < -0.3 is 20.5 Å². The molecule has 0 aromatic heterocycles. The summed E-state index contributed by atoms with van der Waals surface area (Å²) in [5, 5.41) is 12.9. The highest BCUT2D eigenvalue weighted by Gasteiger charge is 2.01. The van der Waals surface area contributed by atoms with Gasteiger partial charge >= 0.3 is 12.0 Å². The summed E-state index contributed by atoms with van der Waals surface area (Å²) in [7, 11) is 1.57. The Morgan fingerprint density at radius 2 is 2.08 bits per heavy atom. The molecule has 0 spiro atoms. The van der Waals surface area contributed by atoms with Crippen LogP contribution in [0.15, 0.2) is 0 Å². The third-order valence-electron chi connectivity index (χ3n) is 1.21. The Balaban J connectivity index is 3.25. The summed E-state index contributed by atoms with van der Waals surface area (Å²) in [6.45, 7) is 0.675. The van der Waals surface area contributed by atoms with Crippen molar-refractivity contribution in [2.24, 2.45) is 0 Å². The summed E-state index contributed by atoms with van der Waals surface area (Å²) in [4.78, 5) is 20.8. The maximum Gasteiger partial charge on any atom is 0.323 e. The van der Waals surface area contributed by atoms with Crippen LogP contribution in [0.5, 0.6) is 0 Å². The highest BCUT2D eigenvalue weighted by atomic mass is 16.5. The van der Waals surface area contributed by atoms with Gasteiger partial charge in [0.1, 0.15) is 6.54 Å². The number of hydrogen-bond acceptors (Lipinski definition) is 3. The molecular weight excluding hydrogens is 176 g/mol. The Bertz CT molecular complexity index is 172. The minimum atomic E-state index is -1.06. The van der Waals surface area contributed by atoms with E-state index in [2.05, 4.69) is 10.6 Å². The van der Waals surface area contributed by atoms with Gasteiger partial charge in [0.2, 0.25) is 0 Å². The highest BCUT2D eigenvalue weighted by molar-refractivity contribution is 5.79. The van der Waals surface area contributed by atoms with Gasteiger partial charge in [-0.05, 0) is 6.42 Å². The molecule has 0 rings (SSSR count). The van der Waals surface area contributed by atoms with Crippen molar-refractivity contribution in [1.29, 1.82) is 0 Å². The van der Waals surface area contributed by atoms with Crippen LogP contribution in [0.4, 0.5) is 4.79 Å². The first-order chi connectivity index (χ1) is 6.16. The molecule has 0 fully saturated rings. The molecule has 6 nitrogen and oxygen atoms in total. The van der Waals surface area contributed by atoms with E-state index in [1.54, 1.807) is 7.11 Å². The van der Waals surface area contributed by atoms with Gasteiger partial charge in [-0.2, -0.15) is 0 Å². The van der Waals surface area contributed by atoms with Crippen molar-refractivity contribution < 1.29 is 19.4 Å². The van der Waals surface area contributed by atoms with Crippen molar-refractivity contribution in [3.05, 3.63) is 0 Å². The number of carboxylic acid groups (broad SMARTS) is 1. The quantitative estimate of drug-likeness (QED) is 0.488. The molecule has 0 aliphatic heterocycles. The first kappa shape index (κ1) is 11.7. The lowest BCUT2D eigenvalue weighted by Gasteiger charge is -2.04. The van der Waals surface area contributed by atoms with Gasteiger partial charge in [0, 0.05) is 20.3 Å². The second-order valence-corrected chi connectivity index (χ2v) is 2.35. The largest absolute Gasteiger partial charge is 0.480 e. The van der Waals surface area contributed by atoms with E-state index in [-0.39, 0.29) is 6.54 Å². The van der Waals surface area contributed by atoms with E-state index < -0.39 is 12.0 Å². The van der Waals surface area contributed by atoms with Crippen LogP contribution in [-0.4, -0.2) is 43.9 Å². The van der Waals surface area contributed by atoms with Gasteiger partial charge in [-0.25, -0.2) is 4.79 Å². The predicted molar refractivity (Wildman–Crippen MR) is 45.5 cm³/mol. The molecule has 3 N–H and O–H groups in total.